The first-order chi connectivity index (χ1) is 9.35. The van der Waals surface area contributed by atoms with Gasteiger partial charge in [-0.3, -0.25) is 0 Å². The molecule has 2 nitrogen and oxygen atoms in total. The van der Waals surface area contributed by atoms with Crippen LogP contribution in [0.3, 0.4) is 0 Å². The van der Waals surface area contributed by atoms with Crippen LogP contribution in [0.1, 0.15) is 84.5 Å². The number of nitrogens with zero attached hydrogens (tertiary/aromatic N) is 1. The summed E-state index contributed by atoms with van der Waals surface area (Å²) in [7, 11) is 0. The lowest BCUT2D eigenvalue weighted by Crippen LogP contribution is -2.27. The van der Waals surface area contributed by atoms with Gasteiger partial charge in [-0.05, 0) is 32.4 Å². The summed E-state index contributed by atoms with van der Waals surface area (Å²) in [6.07, 6.45) is 14.5. The number of unbranched alkanes of at least 4 members (excludes halogenated alkanes) is 8. The molecule has 19 heavy (non-hydrogen) atoms. The van der Waals surface area contributed by atoms with Gasteiger partial charge in [0.1, 0.15) is 0 Å². The first-order valence-electron chi connectivity index (χ1n) is 8.68. The van der Waals surface area contributed by atoms with Gasteiger partial charge in [0.05, 0.1) is 0 Å². The van der Waals surface area contributed by atoms with E-state index in [1.165, 1.54) is 77.3 Å². The van der Waals surface area contributed by atoms with E-state index in [2.05, 4.69) is 18.7 Å². The molecule has 0 amide bonds. The summed E-state index contributed by atoms with van der Waals surface area (Å²) >= 11 is 0. The molecule has 0 fully saturated rings. The molecule has 0 aliphatic heterocycles. The second-order valence-electron chi connectivity index (χ2n) is 5.75. The SMILES string of the molecule is CCCCCCCN(CCCO)CCCCCCC. The third-order valence-electron chi connectivity index (χ3n) is 3.79. The van der Waals surface area contributed by atoms with E-state index in [4.69, 9.17) is 5.11 Å². The van der Waals surface area contributed by atoms with Gasteiger partial charge in [-0.2, -0.15) is 0 Å². The third kappa shape index (κ3) is 14.1. The van der Waals surface area contributed by atoms with Gasteiger partial charge in [-0.25, -0.2) is 0 Å². The summed E-state index contributed by atoms with van der Waals surface area (Å²) in [5.41, 5.74) is 0. The van der Waals surface area contributed by atoms with Crippen LogP contribution in [0, 0.1) is 0 Å². The Morgan fingerprint density at radius 3 is 1.42 bits per heavy atom. The predicted octanol–water partition coefficient (Wildman–Crippen LogP) is 4.61. The molecule has 0 saturated carbocycles. The van der Waals surface area contributed by atoms with Gasteiger partial charge in [-0.1, -0.05) is 65.2 Å². The minimum absolute atomic E-state index is 0.335. The molecule has 116 valence electrons. The van der Waals surface area contributed by atoms with Crippen molar-refractivity contribution in [3.05, 3.63) is 0 Å². The Hall–Kier alpha value is -0.0800. The largest absolute Gasteiger partial charge is 0.396 e. The molecule has 0 atom stereocenters. The van der Waals surface area contributed by atoms with E-state index in [9.17, 15) is 0 Å². The van der Waals surface area contributed by atoms with E-state index in [1.54, 1.807) is 0 Å². The summed E-state index contributed by atoms with van der Waals surface area (Å²) in [6, 6.07) is 0. The summed E-state index contributed by atoms with van der Waals surface area (Å²) < 4.78 is 0. The maximum absolute atomic E-state index is 8.97. The van der Waals surface area contributed by atoms with Gasteiger partial charge in [0.15, 0.2) is 0 Å². The van der Waals surface area contributed by atoms with Gasteiger partial charge in [-0.15, -0.1) is 0 Å². The molecule has 2 heteroatoms. The van der Waals surface area contributed by atoms with Crippen LogP contribution >= 0.6 is 0 Å². The van der Waals surface area contributed by atoms with Crippen LogP contribution in [0.5, 0.6) is 0 Å². The predicted molar refractivity (Wildman–Crippen MR) is 85.7 cm³/mol. The summed E-state index contributed by atoms with van der Waals surface area (Å²) in [5.74, 6) is 0. The summed E-state index contributed by atoms with van der Waals surface area (Å²) in [5, 5.41) is 8.97. The molecule has 0 rings (SSSR count). The molecule has 0 bridgehead atoms. The molecule has 0 aromatic rings. The molecular weight excluding hydrogens is 234 g/mol. The number of rotatable bonds is 15. The molecule has 1 N–H and O–H groups in total. The number of hydrogen-bond acceptors (Lipinski definition) is 2. The highest BCUT2D eigenvalue weighted by atomic mass is 16.3. The fourth-order valence-electron chi connectivity index (χ4n) is 2.51. The Labute approximate surface area is 121 Å². The average molecular weight is 271 g/mol. The van der Waals surface area contributed by atoms with Crippen LogP contribution in [-0.2, 0) is 0 Å². The third-order valence-corrected chi connectivity index (χ3v) is 3.79. The van der Waals surface area contributed by atoms with Crippen molar-refractivity contribution < 1.29 is 5.11 Å². The van der Waals surface area contributed by atoms with Crippen LogP contribution in [-0.4, -0.2) is 36.2 Å². The van der Waals surface area contributed by atoms with E-state index in [0.29, 0.717) is 6.61 Å². The Balaban J connectivity index is 3.57. The van der Waals surface area contributed by atoms with Gasteiger partial charge >= 0.3 is 0 Å². The van der Waals surface area contributed by atoms with Gasteiger partial charge in [0.25, 0.3) is 0 Å². The van der Waals surface area contributed by atoms with Crippen molar-refractivity contribution in [3.8, 4) is 0 Å². The molecule has 0 spiro atoms. The van der Waals surface area contributed by atoms with Crippen molar-refractivity contribution in [2.75, 3.05) is 26.2 Å². The van der Waals surface area contributed by atoms with Gasteiger partial charge < -0.3 is 10.0 Å². The topological polar surface area (TPSA) is 23.5 Å². The molecule has 0 saturated heterocycles. The molecule has 0 aliphatic carbocycles. The summed E-state index contributed by atoms with van der Waals surface area (Å²) in [4.78, 5) is 2.56. The average Bonchev–Trinajstić information content (AvgIpc) is 2.43. The highest BCUT2D eigenvalue weighted by molar-refractivity contribution is 4.59. The van der Waals surface area contributed by atoms with Crippen molar-refractivity contribution in [1.29, 1.82) is 0 Å². The van der Waals surface area contributed by atoms with Crippen molar-refractivity contribution in [3.63, 3.8) is 0 Å². The van der Waals surface area contributed by atoms with Crippen molar-refractivity contribution >= 4 is 0 Å². The zero-order chi connectivity index (χ0) is 14.2. The van der Waals surface area contributed by atoms with E-state index in [-0.39, 0.29) is 0 Å². The Bertz CT molecular complexity index is 147. The fourth-order valence-corrected chi connectivity index (χ4v) is 2.51. The van der Waals surface area contributed by atoms with E-state index >= 15 is 0 Å². The number of hydrogen-bond donors (Lipinski definition) is 1. The Morgan fingerprint density at radius 2 is 1.00 bits per heavy atom. The van der Waals surface area contributed by atoms with Crippen molar-refractivity contribution in [2.45, 2.75) is 84.5 Å². The first-order valence-corrected chi connectivity index (χ1v) is 8.68. The van der Waals surface area contributed by atoms with E-state index in [1.807, 2.05) is 0 Å². The van der Waals surface area contributed by atoms with Crippen LogP contribution in [0.15, 0.2) is 0 Å². The van der Waals surface area contributed by atoms with Crippen LogP contribution in [0.4, 0.5) is 0 Å². The minimum atomic E-state index is 0.335. The highest BCUT2D eigenvalue weighted by Gasteiger charge is 2.04. The fraction of sp³-hybridized carbons (Fsp3) is 1.00. The minimum Gasteiger partial charge on any atom is -0.396 e. The lowest BCUT2D eigenvalue weighted by atomic mass is 10.1. The number of aliphatic hydroxyl groups excluding tert-OH is 1. The van der Waals surface area contributed by atoms with Crippen LogP contribution in [0.2, 0.25) is 0 Å². The molecule has 0 aliphatic rings. The summed E-state index contributed by atoms with van der Waals surface area (Å²) in [6.45, 7) is 8.42. The maximum atomic E-state index is 8.97. The van der Waals surface area contributed by atoms with Gasteiger partial charge in [0, 0.05) is 13.2 Å². The standard InChI is InChI=1S/C17H37NO/c1-3-5-7-9-11-14-18(16-13-17-19)15-12-10-8-6-4-2/h19H,3-17H2,1-2H3. The molecule has 0 aromatic carbocycles. The second-order valence-corrected chi connectivity index (χ2v) is 5.75. The Kier molecular flexibility index (Phi) is 15.9. The quantitative estimate of drug-likeness (QED) is 0.440. The van der Waals surface area contributed by atoms with E-state index in [0.717, 1.165) is 13.0 Å². The van der Waals surface area contributed by atoms with Gasteiger partial charge in [0.2, 0.25) is 0 Å². The first kappa shape index (κ1) is 18.9. The highest BCUT2D eigenvalue weighted by Crippen LogP contribution is 2.07. The lowest BCUT2D eigenvalue weighted by molar-refractivity contribution is 0.217. The lowest BCUT2D eigenvalue weighted by Gasteiger charge is -2.22. The zero-order valence-electron chi connectivity index (χ0n) is 13.5. The van der Waals surface area contributed by atoms with Crippen LogP contribution < -0.4 is 0 Å². The smallest absolute Gasteiger partial charge is 0.0443 e. The molecular formula is C17H37NO. The Morgan fingerprint density at radius 1 is 0.579 bits per heavy atom. The monoisotopic (exact) mass is 271 g/mol. The maximum Gasteiger partial charge on any atom is 0.0443 e. The molecule has 0 aromatic heterocycles. The van der Waals surface area contributed by atoms with Crippen molar-refractivity contribution in [1.82, 2.24) is 4.90 Å². The van der Waals surface area contributed by atoms with Crippen LogP contribution in [0.25, 0.3) is 0 Å². The van der Waals surface area contributed by atoms with E-state index < -0.39 is 0 Å². The normalized spacial score (nSPS) is 11.4. The molecule has 0 heterocycles. The zero-order valence-corrected chi connectivity index (χ0v) is 13.5. The molecule has 0 unspecified atom stereocenters. The van der Waals surface area contributed by atoms with Crippen molar-refractivity contribution in [2.24, 2.45) is 0 Å². The number of aliphatic hydroxyl groups is 1. The second kappa shape index (κ2) is 16.0. The molecule has 0 radical (unpaired) electrons.